The molecule has 4 aromatic rings. The standard InChI is InChI=1S/C28H18N2O6.CH4O/c31-17-10-11-21-24(14-17)35-25-19(15-29-30-26(33)16-6-2-1-3-7-16)23(32)13-12-22(25)28(21)20-9-5-4-8-18(20)27(34)36-28;1-2/h1-15,31-32H,(H,30,33);2H,1H3/b29-15+;/t28-;/m1./s1. The van der Waals surface area contributed by atoms with Crippen molar-refractivity contribution < 1.29 is 34.4 Å². The van der Waals surface area contributed by atoms with Crippen molar-refractivity contribution in [3.8, 4) is 23.0 Å². The van der Waals surface area contributed by atoms with Gasteiger partial charge in [-0.15, -0.1) is 0 Å². The van der Waals surface area contributed by atoms with Crippen LogP contribution in [0.15, 0.2) is 90.0 Å². The number of ether oxygens (including phenoxy) is 2. The maximum atomic E-state index is 12.9. The first kappa shape index (κ1) is 24.5. The summed E-state index contributed by atoms with van der Waals surface area (Å²) in [5.74, 6) is -0.715. The number of hydrogen-bond donors (Lipinski definition) is 4. The van der Waals surface area contributed by atoms with Crippen molar-refractivity contribution in [3.63, 3.8) is 0 Å². The number of hydrogen-bond acceptors (Lipinski definition) is 8. The van der Waals surface area contributed by atoms with Crippen LogP contribution in [-0.2, 0) is 10.3 Å². The fourth-order valence-corrected chi connectivity index (χ4v) is 4.67. The van der Waals surface area contributed by atoms with Gasteiger partial charge in [0.1, 0.15) is 23.0 Å². The quantitative estimate of drug-likeness (QED) is 0.185. The van der Waals surface area contributed by atoms with E-state index in [9.17, 15) is 19.8 Å². The van der Waals surface area contributed by atoms with Crippen LogP contribution in [0.25, 0.3) is 0 Å². The van der Waals surface area contributed by atoms with Crippen LogP contribution >= 0.6 is 0 Å². The number of aliphatic hydroxyl groups is 1. The highest BCUT2D eigenvalue weighted by atomic mass is 16.6. The van der Waals surface area contributed by atoms with Crippen LogP contribution in [0.4, 0.5) is 0 Å². The lowest BCUT2D eigenvalue weighted by Crippen LogP contribution is -2.33. The van der Waals surface area contributed by atoms with E-state index < -0.39 is 17.5 Å². The fourth-order valence-electron chi connectivity index (χ4n) is 4.67. The molecule has 0 saturated carbocycles. The molecule has 38 heavy (non-hydrogen) atoms. The van der Waals surface area contributed by atoms with Gasteiger partial charge in [-0.1, -0.05) is 36.4 Å². The van der Waals surface area contributed by atoms with Crippen molar-refractivity contribution >= 4 is 18.1 Å². The number of phenols is 2. The molecule has 0 aromatic heterocycles. The molecule has 0 fully saturated rings. The number of benzene rings is 4. The Labute approximate surface area is 217 Å². The molecule has 9 nitrogen and oxygen atoms in total. The summed E-state index contributed by atoms with van der Waals surface area (Å²) in [7, 11) is 1.00. The maximum Gasteiger partial charge on any atom is 0.340 e. The van der Waals surface area contributed by atoms with Crippen LogP contribution in [-0.4, -0.2) is 40.5 Å². The summed E-state index contributed by atoms with van der Waals surface area (Å²) in [4.78, 5) is 25.3. The van der Waals surface area contributed by atoms with E-state index in [1.54, 1.807) is 66.7 Å². The van der Waals surface area contributed by atoms with Gasteiger partial charge in [-0.2, -0.15) is 5.10 Å². The summed E-state index contributed by atoms with van der Waals surface area (Å²) in [6, 6.07) is 23.2. The molecule has 4 N–H and O–H groups in total. The second-order valence-electron chi connectivity index (χ2n) is 8.34. The van der Waals surface area contributed by atoms with Gasteiger partial charge >= 0.3 is 5.97 Å². The molecule has 2 aliphatic heterocycles. The molecule has 0 bridgehead atoms. The summed E-state index contributed by atoms with van der Waals surface area (Å²) in [6.07, 6.45) is 1.26. The van der Waals surface area contributed by atoms with E-state index in [4.69, 9.17) is 14.6 Å². The highest BCUT2D eigenvalue weighted by Crippen LogP contribution is 2.57. The third kappa shape index (κ3) is 3.82. The molecule has 190 valence electrons. The summed E-state index contributed by atoms with van der Waals surface area (Å²) in [5.41, 5.74) is 3.65. The lowest BCUT2D eigenvalue weighted by molar-refractivity contribution is 0.0224. The van der Waals surface area contributed by atoms with E-state index >= 15 is 0 Å². The number of amides is 1. The number of fused-ring (bicyclic) bond motifs is 6. The molecule has 0 saturated heterocycles. The van der Waals surface area contributed by atoms with Crippen LogP contribution < -0.4 is 10.2 Å². The second-order valence-corrected chi connectivity index (χ2v) is 8.34. The molecule has 9 heteroatoms. The monoisotopic (exact) mass is 510 g/mol. The molecule has 0 aliphatic carbocycles. The molecule has 0 unspecified atom stereocenters. The van der Waals surface area contributed by atoms with Gasteiger partial charge in [0.2, 0.25) is 0 Å². The summed E-state index contributed by atoms with van der Waals surface area (Å²) >= 11 is 0. The number of aliphatic hydroxyl groups excluding tert-OH is 1. The first-order valence-electron chi connectivity index (χ1n) is 11.5. The van der Waals surface area contributed by atoms with Gasteiger partial charge in [-0.3, -0.25) is 4.79 Å². The van der Waals surface area contributed by atoms with E-state index in [2.05, 4.69) is 10.5 Å². The summed E-state index contributed by atoms with van der Waals surface area (Å²) in [6.45, 7) is 0. The Morgan fingerprint density at radius 1 is 0.895 bits per heavy atom. The predicted molar refractivity (Wildman–Crippen MR) is 138 cm³/mol. The third-order valence-electron chi connectivity index (χ3n) is 6.28. The van der Waals surface area contributed by atoms with Crippen molar-refractivity contribution in [2.45, 2.75) is 5.60 Å². The Hall–Kier alpha value is -5.15. The highest BCUT2D eigenvalue weighted by molar-refractivity contribution is 5.98. The average molecular weight is 511 g/mol. The Bertz CT molecular complexity index is 1580. The van der Waals surface area contributed by atoms with Crippen LogP contribution in [0.5, 0.6) is 23.0 Å². The van der Waals surface area contributed by atoms with Gasteiger partial charge in [0.15, 0.2) is 5.60 Å². The SMILES string of the molecule is CO.O=C(N/N=C/c1c(O)ccc2c1Oc1cc(O)ccc1[C@@]21OC(=O)c2ccccc21)c1ccccc1. The topological polar surface area (TPSA) is 138 Å². The predicted octanol–water partition coefficient (Wildman–Crippen LogP) is 4.04. The first-order chi connectivity index (χ1) is 18.5. The first-order valence-corrected chi connectivity index (χ1v) is 11.5. The van der Waals surface area contributed by atoms with E-state index in [0.717, 1.165) is 7.11 Å². The maximum absolute atomic E-state index is 12.9. The van der Waals surface area contributed by atoms with Gasteiger partial charge in [0.05, 0.1) is 17.3 Å². The molecule has 4 aromatic carbocycles. The Balaban J connectivity index is 0.00000144. The van der Waals surface area contributed by atoms with Gasteiger partial charge < -0.3 is 24.8 Å². The summed E-state index contributed by atoms with van der Waals surface area (Å²) < 4.78 is 12.2. The van der Waals surface area contributed by atoms with Crippen LogP contribution in [0.2, 0.25) is 0 Å². The number of nitrogens with one attached hydrogen (secondary N) is 1. The molecule has 1 amide bonds. The minimum absolute atomic E-state index is 0.0459. The number of nitrogens with zero attached hydrogens (tertiary/aromatic N) is 1. The normalized spacial score (nSPS) is 16.4. The third-order valence-corrected chi connectivity index (χ3v) is 6.28. The number of aromatic hydroxyl groups is 2. The Kier molecular flexibility index (Phi) is 6.28. The van der Waals surface area contributed by atoms with E-state index in [1.165, 1.54) is 24.4 Å². The molecule has 1 spiro atoms. The van der Waals surface area contributed by atoms with Crippen LogP contribution in [0.3, 0.4) is 0 Å². The van der Waals surface area contributed by atoms with Crippen molar-refractivity contribution in [1.82, 2.24) is 5.43 Å². The molecule has 2 heterocycles. The number of hydrazone groups is 1. The number of phenolic OH excluding ortho intramolecular Hbond substituents is 2. The van der Waals surface area contributed by atoms with Crippen molar-refractivity contribution in [1.29, 1.82) is 0 Å². The highest BCUT2D eigenvalue weighted by Gasteiger charge is 2.54. The van der Waals surface area contributed by atoms with Gasteiger partial charge in [0.25, 0.3) is 5.91 Å². The van der Waals surface area contributed by atoms with Crippen molar-refractivity contribution in [3.05, 3.63) is 118 Å². The van der Waals surface area contributed by atoms with E-state index in [1.807, 2.05) is 0 Å². The van der Waals surface area contributed by atoms with Gasteiger partial charge in [0, 0.05) is 35.4 Å². The Morgan fingerprint density at radius 2 is 1.61 bits per heavy atom. The largest absolute Gasteiger partial charge is 0.508 e. The number of rotatable bonds is 3. The smallest absolute Gasteiger partial charge is 0.340 e. The zero-order valence-corrected chi connectivity index (χ0v) is 20.1. The van der Waals surface area contributed by atoms with E-state index in [0.29, 0.717) is 27.8 Å². The molecular formula is C29H22N2O7. The molecule has 1 atom stereocenters. The van der Waals surface area contributed by atoms with Crippen molar-refractivity contribution in [2.24, 2.45) is 5.10 Å². The van der Waals surface area contributed by atoms with E-state index in [-0.39, 0.29) is 28.6 Å². The molecular weight excluding hydrogens is 488 g/mol. The fraction of sp³-hybridized carbons (Fsp3) is 0.0690. The number of esters is 1. The van der Waals surface area contributed by atoms with Crippen LogP contribution in [0, 0.1) is 0 Å². The number of carbonyl (C=O) groups is 2. The van der Waals surface area contributed by atoms with Gasteiger partial charge in [-0.25, -0.2) is 10.2 Å². The van der Waals surface area contributed by atoms with Crippen molar-refractivity contribution in [2.75, 3.05) is 7.11 Å². The molecule has 2 aliphatic rings. The lowest BCUT2D eigenvalue weighted by Gasteiger charge is -2.37. The second kappa shape index (κ2) is 9.72. The minimum Gasteiger partial charge on any atom is -0.508 e. The zero-order valence-electron chi connectivity index (χ0n) is 20.1. The average Bonchev–Trinajstić information content (AvgIpc) is 3.24. The number of carbonyl (C=O) groups excluding carboxylic acids is 2. The minimum atomic E-state index is -1.37. The molecule has 6 rings (SSSR count). The molecule has 0 radical (unpaired) electrons. The zero-order chi connectivity index (χ0) is 26.9. The summed E-state index contributed by atoms with van der Waals surface area (Å²) in [5, 5.41) is 31.8. The van der Waals surface area contributed by atoms with Gasteiger partial charge in [-0.05, 0) is 42.5 Å². The Morgan fingerprint density at radius 3 is 2.39 bits per heavy atom. The lowest BCUT2D eigenvalue weighted by atomic mass is 9.77. The van der Waals surface area contributed by atoms with Crippen LogP contribution in [0.1, 0.15) is 43.0 Å².